The molecule has 1 atom stereocenters. The maximum Gasteiger partial charge on any atom is 0.0604 e. The van der Waals surface area contributed by atoms with E-state index in [4.69, 9.17) is 0 Å². The van der Waals surface area contributed by atoms with Crippen LogP contribution in [0.2, 0.25) is 0 Å². The van der Waals surface area contributed by atoms with Gasteiger partial charge in [0.1, 0.15) is 0 Å². The summed E-state index contributed by atoms with van der Waals surface area (Å²) in [6, 6.07) is 21.7. The Kier molecular flexibility index (Phi) is 4.14. The molecule has 0 aliphatic carbocycles. The number of hydrogen-bond donors (Lipinski definition) is 1. The van der Waals surface area contributed by atoms with Gasteiger partial charge in [0.05, 0.1) is 12.6 Å². The van der Waals surface area contributed by atoms with Gasteiger partial charge in [0.15, 0.2) is 0 Å². The van der Waals surface area contributed by atoms with Gasteiger partial charge in [-0.05, 0) is 30.5 Å². The fourth-order valence-electron chi connectivity index (χ4n) is 3.24. The van der Waals surface area contributed by atoms with Crippen LogP contribution in [0.15, 0.2) is 60.7 Å². The number of benzene rings is 2. The summed E-state index contributed by atoms with van der Waals surface area (Å²) in [5.41, 5.74) is 2.61. The average molecular weight is 267 g/mol. The standard InChI is InChI=1S/C18H21NO/c20-14-17-12-7-13-19(17)18(15-8-3-1-4-9-15)16-10-5-2-6-11-16/h1-6,8-11,17-18,20H,7,12-14H2/t17-/m1/s1. The molecule has 0 spiro atoms. The molecular weight excluding hydrogens is 246 g/mol. The molecule has 1 saturated heterocycles. The maximum absolute atomic E-state index is 9.64. The van der Waals surface area contributed by atoms with E-state index in [2.05, 4.69) is 65.6 Å². The molecule has 2 nitrogen and oxygen atoms in total. The number of hydrogen-bond acceptors (Lipinski definition) is 2. The lowest BCUT2D eigenvalue weighted by Crippen LogP contribution is -2.36. The van der Waals surface area contributed by atoms with Crippen molar-refractivity contribution >= 4 is 0 Å². The van der Waals surface area contributed by atoms with Crippen LogP contribution in [0.25, 0.3) is 0 Å². The van der Waals surface area contributed by atoms with Crippen molar-refractivity contribution in [3.05, 3.63) is 71.8 Å². The second-order valence-electron chi connectivity index (χ2n) is 5.44. The van der Waals surface area contributed by atoms with Crippen LogP contribution in [-0.4, -0.2) is 29.2 Å². The SMILES string of the molecule is OC[C@H]1CCCN1C(c1ccccc1)c1ccccc1. The third kappa shape index (κ3) is 2.62. The zero-order valence-electron chi connectivity index (χ0n) is 11.7. The second-order valence-corrected chi connectivity index (χ2v) is 5.44. The first-order chi connectivity index (χ1) is 9.90. The Balaban J connectivity index is 2.00. The summed E-state index contributed by atoms with van der Waals surface area (Å²) in [6.45, 7) is 1.30. The number of nitrogens with zero attached hydrogens (tertiary/aromatic N) is 1. The Morgan fingerprint density at radius 2 is 1.50 bits per heavy atom. The van der Waals surface area contributed by atoms with Gasteiger partial charge in [-0.2, -0.15) is 0 Å². The minimum atomic E-state index is 0.246. The van der Waals surface area contributed by atoms with Gasteiger partial charge in [-0.3, -0.25) is 4.90 Å². The summed E-state index contributed by atoms with van der Waals surface area (Å²) in [5.74, 6) is 0. The summed E-state index contributed by atoms with van der Waals surface area (Å²) in [7, 11) is 0. The minimum absolute atomic E-state index is 0.246. The quantitative estimate of drug-likeness (QED) is 0.919. The molecule has 1 heterocycles. The number of likely N-dealkylation sites (tertiary alicyclic amines) is 1. The molecule has 0 radical (unpaired) electrons. The highest BCUT2D eigenvalue weighted by molar-refractivity contribution is 5.32. The lowest BCUT2D eigenvalue weighted by atomic mass is 9.96. The minimum Gasteiger partial charge on any atom is -0.395 e. The molecule has 0 aromatic heterocycles. The van der Waals surface area contributed by atoms with E-state index < -0.39 is 0 Å². The highest BCUT2D eigenvalue weighted by Gasteiger charge is 2.31. The summed E-state index contributed by atoms with van der Waals surface area (Å²) in [5, 5.41) is 9.64. The normalized spacial score (nSPS) is 19.6. The number of aliphatic hydroxyl groups excluding tert-OH is 1. The second kappa shape index (κ2) is 6.21. The van der Waals surface area contributed by atoms with E-state index in [9.17, 15) is 5.11 Å². The van der Waals surface area contributed by atoms with Crippen LogP contribution in [0.4, 0.5) is 0 Å². The van der Waals surface area contributed by atoms with E-state index in [0.29, 0.717) is 0 Å². The van der Waals surface area contributed by atoms with Crippen molar-refractivity contribution in [2.24, 2.45) is 0 Å². The Hall–Kier alpha value is -1.64. The monoisotopic (exact) mass is 267 g/mol. The highest BCUT2D eigenvalue weighted by atomic mass is 16.3. The third-order valence-corrected chi connectivity index (χ3v) is 4.20. The predicted octanol–water partition coefficient (Wildman–Crippen LogP) is 3.23. The Bertz CT molecular complexity index is 486. The smallest absolute Gasteiger partial charge is 0.0604 e. The van der Waals surface area contributed by atoms with Gasteiger partial charge in [-0.1, -0.05) is 60.7 Å². The van der Waals surface area contributed by atoms with Crippen molar-refractivity contribution < 1.29 is 5.11 Å². The van der Waals surface area contributed by atoms with Crippen LogP contribution >= 0.6 is 0 Å². The Morgan fingerprint density at radius 3 is 2.00 bits per heavy atom. The topological polar surface area (TPSA) is 23.5 Å². The molecular formula is C18H21NO. The van der Waals surface area contributed by atoms with Crippen molar-refractivity contribution in [3.63, 3.8) is 0 Å². The van der Waals surface area contributed by atoms with E-state index in [1.54, 1.807) is 0 Å². The van der Waals surface area contributed by atoms with E-state index in [1.165, 1.54) is 17.5 Å². The van der Waals surface area contributed by atoms with Gasteiger partial charge in [-0.15, -0.1) is 0 Å². The summed E-state index contributed by atoms with van der Waals surface area (Å²) in [6.07, 6.45) is 2.26. The van der Waals surface area contributed by atoms with Crippen LogP contribution in [0.1, 0.15) is 30.0 Å². The van der Waals surface area contributed by atoms with Crippen molar-refractivity contribution in [1.82, 2.24) is 4.90 Å². The number of rotatable bonds is 4. The van der Waals surface area contributed by atoms with E-state index in [1.807, 2.05) is 0 Å². The van der Waals surface area contributed by atoms with Gasteiger partial charge in [0, 0.05) is 6.04 Å². The largest absolute Gasteiger partial charge is 0.395 e. The van der Waals surface area contributed by atoms with Crippen molar-refractivity contribution in [2.75, 3.05) is 13.2 Å². The molecule has 0 bridgehead atoms. The molecule has 0 amide bonds. The maximum atomic E-state index is 9.64. The van der Waals surface area contributed by atoms with Gasteiger partial charge >= 0.3 is 0 Å². The molecule has 20 heavy (non-hydrogen) atoms. The average Bonchev–Trinajstić information content (AvgIpc) is 2.98. The van der Waals surface area contributed by atoms with E-state index >= 15 is 0 Å². The highest BCUT2D eigenvalue weighted by Crippen LogP contribution is 2.34. The lowest BCUT2D eigenvalue weighted by molar-refractivity contribution is 0.134. The Labute approximate surface area is 120 Å². The molecule has 1 aliphatic rings. The first-order valence-corrected chi connectivity index (χ1v) is 7.36. The van der Waals surface area contributed by atoms with Gasteiger partial charge < -0.3 is 5.11 Å². The van der Waals surface area contributed by atoms with Crippen molar-refractivity contribution in [2.45, 2.75) is 24.9 Å². The molecule has 2 heteroatoms. The van der Waals surface area contributed by atoms with Gasteiger partial charge in [0.2, 0.25) is 0 Å². The molecule has 104 valence electrons. The molecule has 2 aromatic carbocycles. The Morgan fingerprint density at radius 1 is 0.950 bits per heavy atom. The summed E-state index contributed by atoms with van der Waals surface area (Å²) >= 11 is 0. The fourth-order valence-corrected chi connectivity index (χ4v) is 3.24. The van der Waals surface area contributed by atoms with E-state index in [-0.39, 0.29) is 18.7 Å². The molecule has 3 rings (SSSR count). The van der Waals surface area contributed by atoms with Crippen LogP contribution in [0, 0.1) is 0 Å². The summed E-state index contributed by atoms with van der Waals surface area (Å²) in [4.78, 5) is 2.45. The molecule has 1 fully saturated rings. The zero-order valence-corrected chi connectivity index (χ0v) is 11.7. The molecule has 1 aliphatic heterocycles. The van der Waals surface area contributed by atoms with E-state index in [0.717, 1.165) is 13.0 Å². The van der Waals surface area contributed by atoms with Crippen LogP contribution in [0.3, 0.4) is 0 Å². The molecule has 2 aromatic rings. The van der Waals surface area contributed by atoms with Crippen LogP contribution in [-0.2, 0) is 0 Å². The van der Waals surface area contributed by atoms with Crippen LogP contribution < -0.4 is 0 Å². The first kappa shape index (κ1) is 13.3. The van der Waals surface area contributed by atoms with Gasteiger partial charge in [-0.25, -0.2) is 0 Å². The zero-order chi connectivity index (χ0) is 13.8. The molecule has 0 unspecified atom stereocenters. The first-order valence-electron chi connectivity index (χ1n) is 7.36. The molecule has 0 saturated carbocycles. The summed E-state index contributed by atoms with van der Waals surface area (Å²) < 4.78 is 0. The fraction of sp³-hybridized carbons (Fsp3) is 0.333. The van der Waals surface area contributed by atoms with Gasteiger partial charge in [0.25, 0.3) is 0 Å². The van der Waals surface area contributed by atoms with Crippen molar-refractivity contribution in [3.8, 4) is 0 Å². The predicted molar refractivity (Wildman–Crippen MR) is 81.5 cm³/mol. The lowest BCUT2D eigenvalue weighted by Gasteiger charge is -2.33. The third-order valence-electron chi connectivity index (χ3n) is 4.20. The van der Waals surface area contributed by atoms with Crippen molar-refractivity contribution in [1.29, 1.82) is 0 Å². The molecule has 1 N–H and O–H groups in total. The van der Waals surface area contributed by atoms with Crippen LogP contribution in [0.5, 0.6) is 0 Å². The number of aliphatic hydroxyl groups is 1.